The van der Waals surface area contributed by atoms with Crippen LogP contribution >= 0.6 is 27.7 Å². The van der Waals surface area contributed by atoms with Crippen molar-refractivity contribution in [2.75, 3.05) is 18.2 Å². The van der Waals surface area contributed by atoms with Gasteiger partial charge in [0.05, 0.1) is 29.5 Å². The Morgan fingerprint density at radius 2 is 1.88 bits per heavy atom. The van der Waals surface area contributed by atoms with E-state index in [4.69, 9.17) is 4.74 Å². The average Bonchev–Trinajstić information content (AvgIpc) is 2.79. The van der Waals surface area contributed by atoms with Crippen LogP contribution in [0.4, 0.5) is 5.69 Å². The highest BCUT2D eigenvalue weighted by molar-refractivity contribution is 9.10. The molecule has 0 fully saturated rings. The van der Waals surface area contributed by atoms with Gasteiger partial charge in [-0.25, -0.2) is 0 Å². The number of ether oxygens (including phenoxy) is 1. The van der Waals surface area contributed by atoms with Crippen molar-refractivity contribution in [2.24, 2.45) is 5.92 Å². The van der Waals surface area contributed by atoms with Crippen LogP contribution in [0.2, 0.25) is 0 Å². The summed E-state index contributed by atoms with van der Waals surface area (Å²) < 4.78 is 5.60. The quantitative estimate of drug-likeness (QED) is 0.412. The Bertz CT molecular complexity index is 1210. The normalized spacial score (nSPS) is 17.6. The lowest BCUT2D eigenvalue weighted by Gasteiger charge is -2.31. The molecule has 34 heavy (non-hydrogen) atoms. The van der Waals surface area contributed by atoms with Gasteiger partial charge in [0.1, 0.15) is 5.92 Å². The van der Waals surface area contributed by atoms with Gasteiger partial charge in [-0.3, -0.25) is 14.4 Å². The van der Waals surface area contributed by atoms with Crippen molar-refractivity contribution in [1.82, 2.24) is 5.32 Å². The number of halogens is 1. The molecule has 9 heteroatoms. The molecule has 0 aliphatic carbocycles. The van der Waals surface area contributed by atoms with E-state index in [1.54, 1.807) is 18.2 Å². The number of amides is 2. The molecule has 2 N–H and O–H groups in total. The van der Waals surface area contributed by atoms with E-state index < -0.39 is 23.7 Å². The summed E-state index contributed by atoms with van der Waals surface area (Å²) >= 11 is 4.45. The molecule has 7 nitrogen and oxygen atoms in total. The first-order valence-electron chi connectivity index (χ1n) is 10.4. The summed E-state index contributed by atoms with van der Waals surface area (Å²) in [5, 5.41) is 15.8. The number of anilines is 1. The molecular formula is C25H24BrN3O4S. The lowest BCUT2D eigenvalue weighted by molar-refractivity contribution is -0.150. The second kappa shape index (κ2) is 10.9. The van der Waals surface area contributed by atoms with E-state index in [-0.39, 0.29) is 22.3 Å². The maximum Gasteiger partial charge on any atom is 0.319 e. The molecule has 2 atom stereocenters. The molecule has 0 unspecified atom stereocenters. The van der Waals surface area contributed by atoms with Gasteiger partial charge in [-0.1, -0.05) is 57.5 Å². The molecule has 0 saturated heterocycles. The summed E-state index contributed by atoms with van der Waals surface area (Å²) in [6.07, 6.45) is 0. The Labute approximate surface area is 211 Å². The minimum Gasteiger partial charge on any atom is -0.468 e. The molecule has 176 valence electrons. The number of carbonyl (C=O) groups excluding carboxylic acids is 3. The monoisotopic (exact) mass is 541 g/mol. The number of thioether (sulfide) groups is 1. The van der Waals surface area contributed by atoms with E-state index in [9.17, 15) is 19.6 Å². The standard InChI is InChI=1S/C25H24BrN3O4S/c1-13-8-14(2)22(15(3)9-13)28-19(30)12-34-24-18(11-27)20(16-6-5-7-17(26)10-16)21(23(31)29-24)25(32)33-4/h5-10,20-21H,12H2,1-4H3,(H,28,30)(H,29,31)/t20-,21-/m1/s1. The Kier molecular flexibility index (Phi) is 8.18. The summed E-state index contributed by atoms with van der Waals surface area (Å²) in [4.78, 5) is 38.1. The summed E-state index contributed by atoms with van der Waals surface area (Å²) in [6, 6.07) is 13.2. The number of hydrogen-bond acceptors (Lipinski definition) is 6. The van der Waals surface area contributed by atoms with Crippen molar-refractivity contribution < 1.29 is 19.1 Å². The number of rotatable bonds is 6. The van der Waals surface area contributed by atoms with Crippen molar-refractivity contribution in [1.29, 1.82) is 5.26 Å². The number of aryl methyl sites for hydroxylation is 3. The van der Waals surface area contributed by atoms with Gasteiger partial charge in [0.2, 0.25) is 11.8 Å². The van der Waals surface area contributed by atoms with Gasteiger partial charge >= 0.3 is 5.97 Å². The predicted octanol–water partition coefficient (Wildman–Crippen LogP) is 4.48. The highest BCUT2D eigenvalue weighted by atomic mass is 79.9. The maximum atomic E-state index is 12.9. The Hall–Kier alpha value is -3.09. The van der Waals surface area contributed by atoms with Crippen molar-refractivity contribution >= 4 is 51.2 Å². The van der Waals surface area contributed by atoms with Crippen molar-refractivity contribution in [3.05, 3.63) is 73.7 Å². The molecule has 2 aromatic rings. The smallest absolute Gasteiger partial charge is 0.319 e. The number of nitrogens with one attached hydrogen (secondary N) is 2. The molecule has 0 saturated carbocycles. The van der Waals surface area contributed by atoms with Crippen LogP contribution in [-0.2, 0) is 19.1 Å². The number of benzene rings is 2. The van der Waals surface area contributed by atoms with E-state index in [0.717, 1.165) is 38.6 Å². The number of esters is 1. The summed E-state index contributed by atoms with van der Waals surface area (Å²) in [5.74, 6) is -3.66. The zero-order valence-electron chi connectivity index (χ0n) is 19.2. The fraction of sp³-hybridized carbons (Fsp3) is 0.280. The number of allylic oxidation sites excluding steroid dienone is 1. The van der Waals surface area contributed by atoms with Crippen LogP contribution in [0.1, 0.15) is 28.2 Å². The van der Waals surface area contributed by atoms with Crippen LogP contribution in [0.5, 0.6) is 0 Å². The average molecular weight is 542 g/mol. The molecule has 2 aromatic carbocycles. The van der Waals surface area contributed by atoms with Crippen LogP contribution in [0, 0.1) is 38.0 Å². The van der Waals surface area contributed by atoms with Crippen LogP contribution in [0.25, 0.3) is 0 Å². The minimum atomic E-state index is -1.22. The Balaban J connectivity index is 1.90. The van der Waals surface area contributed by atoms with Gasteiger partial charge < -0.3 is 15.4 Å². The number of hydrogen-bond donors (Lipinski definition) is 2. The molecule has 1 aliphatic heterocycles. The number of carbonyl (C=O) groups is 3. The van der Waals surface area contributed by atoms with E-state index >= 15 is 0 Å². The van der Waals surface area contributed by atoms with Crippen LogP contribution in [0.15, 0.2) is 51.5 Å². The summed E-state index contributed by atoms with van der Waals surface area (Å²) in [7, 11) is 1.20. The van der Waals surface area contributed by atoms with Gasteiger partial charge in [-0.15, -0.1) is 0 Å². The minimum absolute atomic E-state index is 0.0261. The van der Waals surface area contributed by atoms with Crippen molar-refractivity contribution in [3.8, 4) is 6.07 Å². The largest absolute Gasteiger partial charge is 0.468 e. The third-order valence-corrected chi connectivity index (χ3v) is 6.99. The van der Waals surface area contributed by atoms with Gasteiger partial charge in [-0.05, 0) is 49.6 Å². The summed E-state index contributed by atoms with van der Waals surface area (Å²) in [6.45, 7) is 5.85. The van der Waals surface area contributed by atoms with Crippen LogP contribution in [0.3, 0.4) is 0 Å². The van der Waals surface area contributed by atoms with E-state index in [1.807, 2.05) is 39.0 Å². The molecular weight excluding hydrogens is 518 g/mol. The SMILES string of the molecule is COC(=O)[C@H]1C(=O)NC(SCC(=O)Nc2c(C)cc(C)cc2C)=C(C#N)[C@H]1c1cccc(Br)c1. The molecule has 0 spiro atoms. The van der Waals surface area contributed by atoms with E-state index in [2.05, 4.69) is 32.6 Å². The maximum absolute atomic E-state index is 12.9. The first kappa shape index (κ1) is 25.5. The number of methoxy groups -OCH3 is 1. The number of nitrogens with zero attached hydrogens (tertiary/aromatic N) is 1. The van der Waals surface area contributed by atoms with Gasteiger partial charge in [0.15, 0.2) is 0 Å². The third kappa shape index (κ3) is 5.51. The fourth-order valence-electron chi connectivity index (χ4n) is 4.07. The second-order valence-electron chi connectivity index (χ2n) is 7.99. The second-order valence-corrected chi connectivity index (χ2v) is 9.89. The fourth-order valence-corrected chi connectivity index (χ4v) is 5.34. The zero-order valence-corrected chi connectivity index (χ0v) is 21.6. The van der Waals surface area contributed by atoms with E-state index in [1.165, 1.54) is 7.11 Å². The lowest BCUT2D eigenvalue weighted by Crippen LogP contribution is -2.44. The Morgan fingerprint density at radius 3 is 2.47 bits per heavy atom. The highest BCUT2D eigenvalue weighted by Gasteiger charge is 2.44. The molecule has 0 aromatic heterocycles. The topological polar surface area (TPSA) is 108 Å². The lowest BCUT2D eigenvalue weighted by atomic mass is 9.78. The van der Waals surface area contributed by atoms with Crippen molar-refractivity contribution in [3.63, 3.8) is 0 Å². The van der Waals surface area contributed by atoms with E-state index in [0.29, 0.717) is 5.56 Å². The van der Waals surface area contributed by atoms with Crippen LogP contribution in [-0.4, -0.2) is 30.6 Å². The molecule has 2 amide bonds. The van der Waals surface area contributed by atoms with Crippen molar-refractivity contribution in [2.45, 2.75) is 26.7 Å². The molecule has 0 bridgehead atoms. The van der Waals surface area contributed by atoms with Gasteiger partial charge in [0, 0.05) is 16.1 Å². The third-order valence-electron chi connectivity index (χ3n) is 5.48. The van der Waals surface area contributed by atoms with Crippen LogP contribution < -0.4 is 10.6 Å². The summed E-state index contributed by atoms with van der Waals surface area (Å²) in [5.41, 5.74) is 4.58. The van der Waals surface area contributed by atoms with Gasteiger partial charge in [0.25, 0.3) is 0 Å². The Morgan fingerprint density at radius 1 is 1.21 bits per heavy atom. The molecule has 0 radical (unpaired) electrons. The molecule has 1 aliphatic rings. The first-order valence-corrected chi connectivity index (χ1v) is 12.2. The first-order chi connectivity index (χ1) is 16.2. The zero-order chi connectivity index (χ0) is 25.0. The predicted molar refractivity (Wildman–Crippen MR) is 135 cm³/mol. The molecule has 1 heterocycles. The molecule has 3 rings (SSSR count). The highest BCUT2D eigenvalue weighted by Crippen LogP contribution is 2.40. The van der Waals surface area contributed by atoms with Gasteiger partial charge in [-0.2, -0.15) is 5.26 Å². The number of nitriles is 1.